The Morgan fingerprint density at radius 1 is 0.944 bits per heavy atom. The minimum absolute atomic E-state index is 0.115. The van der Waals surface area contributed by atoms with Crippen molar-refractivity contribution >= 4 is 0 Å². The first-order valence-corrected chi connectivity index (χ1v) is 13.4. The zero-order chi connectivity index (χ0) is 25.1. The number of methoxy groups -OCH3 is 1. The summed E-state index contributed by atoms with van der Waals surface area (Å²) in [7, 11) is 1.74. The first-order valence-electron chi connectivity index (χ1n) is 13.4. The van der Waals surface area contributed by atoms with Crippen LogP contribution in [0.3, 0.4) is 0 Å². The molecule has 6 rings (SSSR count). The van der Waals surface area contributed by atoms with Crippen molar-refractivity contribution in [2.45, 2.75) is 56.7 Å². The number of benzene rings is 3. The number of aliphatic hydroxyl groups excluding tert-OH is 1. The molecule has 3 saturated heterocycles. The maximum absolute atomic E-state index is 9.93. The average Bonchev–Trinajstić information content (AvgIpc) is 2.94. The normalized spacial score (nSPS) is 23.7. The molecule has 3 aliphatic heterocycles. The largest absolute Gasteiger partial charge is 0.496 e. The number of ether oxygens (including phenoxy) is 1. The van der Waals surface area contributed by atoms with Gasteiger partial charge in [-0.05, 0) is 54.6 Å². The Labute approximate surface area is 216 Å². The number of nitrogens with one attached hydrogen (secondary N) is 1. The number of hydrogen-bond acceptors (Lipinski definition) is 4. The maximum Gasteiger partial charge on any atom is 0.123 e. The summed E-state index contributed by atoms with van der Waals surface area (Å²) < 4.78 is 5.75. The van der Waals surface area contributed by atoms with Crippen LogP contribution < -0.4 is 10.1 Å². The number of fused-ring (bicyclic) bond motifs is 3. The van der Waals surface area contributed by atoms with Gasteiger partial charge in [-0.25, -0.2) is 0 Å². The fourth-order valence-electron chi connectivity index (χ4n) is 6.35. The quantitative estimate of drug-likeness (QED) is 0.430. The van der Waals surface area contributed by atoms with E-state index in [1.165, 1.54) is 37.1 Å². The van der Waals surface area contributed by atoms with Gasteiger partial charge in [0.05, 0.1) is 13.7 Å². The van der Waals surface area contributed by atoms with Gasteiger partial charge in [0.15, 0.2) is 0 Å². The van der Waals surface area contributed by atoms with Crippen molar-refractivity contribution in [1.82, 2.24) is 10.2 Å². The summed E-state index contributed by atoms with van der Waals surface area (Å²) in [4.78, 5) is 2.73. The highest BCUT2D eigenvalue weighted by Gasteiger charge is 2.46. The lowest BCUT2D eigenvalue weighted by molar-refractivity contribution is 0.00462. The fraction of sp³-hybridized carbons (Fsp3) is 0.438. The van der Waals surface area contributed by atoms with Gasteiger partial charge in [0.1, 0.15) is 5.75 Å². The van der Waals surface area contributed by atoms with Crippen molar-refractivity contribution in [1.29, 1.82) is 0 Å². The van der Waals surface area contributed by atoms with Crippen LogP contribution in [0.15, 0.2) is 78.9 Å². The number of rotatable bonds is 9. The molecule has 36 heavy (non-hydrogen) atoms. The lowest BCUT2D eigenvalue weighted by Crippen LogP contribution is -2.64. The smallest absolute Gasteiger partial charge is 0.123 e. The van der Waals surface area contributed by atoms with Gasteiger partial charge in [-0.2, -0.15) is 0 Å². The Morgan fingerprint density at radius 2 is 1.56 bits per heavy atom. The van der Waals surface area contributed by atoms with Crippen molar-refractivity contribution in [2.24, 2.45) is 5.92 Å². The molecule has 190 valence electrons. The van der Waals surface area contributed by atoms with Crippen LogP contribution in [0.5, 0.6) is 5.75 Å². The van der Waals surface area contributed by atoms with Crippen LogP contribution in [0, 0.1) is 5.92 Å². The van der Waals surface area contributed by atoms with Gasteiger partial charge in [0.2, 0.25) is 0 Å². The molecule has 0 saturated carbocycles. The van der Waals surface area contributed by atoms with E-state index in [-0.39, 0.29) is 12.0 Å². The molecule has 3 aliphatic rings. The van der Waals surface area contributed by atoms with Crippen molar-refractivity contribution in [2.75, 3.05) is 26.8 Å². The minimum Gasteiger partial charge on any atom is -0.496 e. The second-order valence-electron chi connectivity index (χ2n) is 11.1. The van der Waals surface area contributed by atoms with E-state index >= 15 is 0 Å². The first-order chi connectivity index (χ1) is 17.5. The molecule has 3 heterocycles. The Bertz CT molecular complexity index is 1080. The second kappa shape index (κ2) is 10.8. The molecule has 3 aromatic rings. The minimum atomic E-state index is -0.287. The Balaban J connectivity index is 1.48. The van der Waals surface area contributed by atoms with Crippen LogP contribution in [-0.4, -0.2) is 48.9 Å². The van der Waals surface area contributed by atoms with E-state index in [2.05, 4.69) is 103 Å². The SMILES string of the molecule is COc1ccc(C(C)(C)CO)cc1CNC1C2CCN(CC2)C1C(c1ccccc1)c1ccccc1. The molecule has 3 aromatic carbocycles. The van der Waals surface area contributed by atoms with Crippen molar-refractivity contribution in [3.8, 4) is 5.75 Å². The monoisotopic (exact) mass is 484 g/mol. The molecular formula is C32H40N2O2. The highest BCUT2D eigenvalue weighted by molar-refractivity contribution is 5.40. The second-order valence-corrected chi connectivity index (χ2v) is 11.1. The van der Waals surface area contributed by atoms with E-state index in [0.717, 1.165) is 23.4 Å². The van der Waals surface area contributed by atoms with Gasteiger partial charge in [-0.3, -0.25) is 4.90 Å². The topological polar surface area (TPSA) is 44.7 Å². The van der Waals surface area contributed by atoms with E-state index < -0.39 is 0 Å². The van der Waals surface area contributed by atoms with E-state index in [9.17, 15) is 5.11 Å². The Kier molecular flexibility index (Phi) is 7.47. The van der Waals surface area contributed by atoms with Crippen LogP contribution in [0.1, 0.15) is 54.9 Å². The van der Waals surface area contributed by atoms with Crippen LogP contribution in [-0.2, 0) is 12.0 Å². The number of aliphatic hydroxyl groups is 1. The molecule has 2 unspecified atom stereocenters. The Hall–Kier alpha value is -2.66. The number of hydrogen-bond donors (Lipinski definition) is 2. The molecule has 0 spiro atoms. The lowest BCUT2D eigenvalue weighted by atomic mass is 9.70. The average molecular weight is 485 g/mol. The van der Waals surface area contributed by atoms with Gasteiger partial charge < -0.3 is 15.2 Å². The summed E-state index contributed by atoms with van der Waals surface area (Å²) >= 11 is 0. The predicted molar refractivity (Wildman–Crippen MR) is 147 cm³/mol. The molecule has 3 fully saturated rings. The molecule has 2 atom stereocenters. The highest BCUT2D eigenvalue weighted by Crippen LogP contribution is 2.42. The van der Waals surface area contributed by atoms with Gasteiger partial charge in [-0.15, -0.1) is 0 Å². The summed E-state index contributed by atoms with van der Waals surface area (Å²) in [6.45, 7) is 7.38. The summed E-state index contributed by atoms with van der Waals surface area (Å²) in [6, 6.07) is 29.2. The molecule has 0 aliphatic carbocycles. The van der Waals surface area contributed by atoms with Gasteiger partial charge in [-0.1, -0.05) is 86.6 Å². The van der Waals surface area contributed by atoms with E-state index in [0.29, 0.717) is 23.9 Å². The van der Waals surface area contributed by atoms with Crippen LogP contribution in [0.25, 0.3) is 0 Å². The lowest BCUT2D eigenvalue weighted by Gasteiger charge is -2.54. The van der Waals surface area contributed by atoms with Gasteiger partial charge >= 0.3 is 0 Å². The molecule has 0 aromatic heterocycles. The molecule has 4 nitrogen and oxygen atoms in total. The molecule has 0 amide bonds. The summed E-state index contributed by atoms with van der Waals surface area (Å²) in [6.07, 6.45) is 2.50. The van der Waals surface area contributed by atoms with E-state index in [1.54, 1.807) is 7.11 Å². The van der Waals surface area contributed by atoms with Crippen molar-refractivity contribution in [3.63, 3.8) is 0 Å². The maximum atomic E-state index is 9.93. The summed E-state index contributed by atoms with van der Waals surface area (Å²) in [5, 5.41) is 14.0. The van der Waals surface area contributed by atoms with Crippen LogP contribution in [0.4, 0.5) is 0 Å². The summed E-state index contributed by atoms with van der Waals surface area (Å²) in [5.74, 6) is 1.88. The van der Waals surface area contributed by atoms with Crippen LogP contribution >= 0.6 is 0 Å². The van der Waals surface area contributed by atoms with Crippen LogP contribution in [0.2, 0.25) is 0 Å². The number of piperidine rings is 3. The third-order valence-electron chi connectivity index (χ3n) is 8.52. The number of nitrogens with zero attached hydrogens (tertiary/aromatic N) is 1. The first kappa shape index (κ1) is 25.0. The van der Waals surface area contributed by atoms with E-state index in [1.807, 2.05) is 0 Å². The van der Waals surface area contributed by atoms with Crippen molar-refractivity contribution in [3.05, 3.63) is 101 Å². The standard InChI is InChI=1S/C32H40N2O2/c1-32(2,22-35)27-14-15-28(36-3)26(20-27)21-33-30-25-16-18-34(19-17-25)31(30)29(23-10-6-4-7-11-23)24-12-8-5-9-13-24/h4-15,20,25,29-31,33,35H,16-19,21-22H2,1-3H3. The van der Waals surface area contributed by atoms with Gasteiger partial charge in [0.25, 0.3) is 0 Å². The van der Waals surface area contributed by atoms with E-state index in [4.69, 9.17) is 4.74 Å². The molecule has 4 heteroatoms. The zero-order valence-corrected chi connectivity index (χ0v) is 21.9. The third kappa shape index (κ3) is 4.95. The zero-order valence-electron chi connectivity index (χ0n) is 21.9. The summed E-state index contributed by atoms with van der Waals surface area (Å²) in [5.41, 5.74) is 4.78. The third-order valence-corrected chi connectivity index (χ3v) is 8.52. The molecule has 0 radical (unpaired) electrons. The predicted octanol–water partition coefficient (Wildman–Crippen LogP) is 5.35. The molecule has 2 N–H and O–H groups in total. The highest BCUT2D eigenvalue weighted by atomic mass is 16.5. The Morgan fingerprint density at radius 3 is 2.11 bits per heavy atom. The van der Waals surface area contributed by atoms with Gasteiger partial charge in [0, 0.05) is 35.5 Å². The molecule has 2 bridgehead atoms. The fourth-order valence-corrected chi connectivity index (χ4v) is 6.35. The molecular weight excluding hydrogens is 444 g/mol. The van der Waals surface area contributed by atoms with Crippen molar-refractivity contribution < 1.29 is 9.84 Å².